The highest BCUT2D eigenvalue weighted by Crippen LogP contribution is 2.23. The van der Waals surface area contributed by atoms with Crippen molar-refractivity contribution >= 4 is 17.5 Å². The van der Waals surface area contributed by atoms with Crippen LogP contribution in [-0.2, 0) is 4.79 Å². The van der Waals surface area contributed by atoms with Crippen molar-refractivity contribution in [3.05, 3.63) is 29.3 Å². The monoisotopic (exact) mass is 282 g/mol. The van der Waals surface area contributed by atoms with Gasteiger partial charge >= 0.3 is 0 Å². The molecule has 1 amide bonds. The van der Waals surface area contributed by atoms with Gasteiger partial charge in [-0.25, -0.2) is 0 Å². The van der Waals surface area contributed by atoms with Gasteiger partial charge in [-0.2, -0.15) is 0 Å². The maximum absolute atomic E-state index is 11.8. The molecule has 0 aliphatic heterocycles. The first-order valence-electron chi connectivity index (χ1n) is 6.57. The van der Waals surface area contributed by atoms with E-state index in [1.807, 2.05) is 12.1 Å². The van der Waals surface area contributed by atoms with Crippen molar-refractivity contribution in [2.75, 3.05) is 13.2 Å². The van der Waals surface area contributed by atoms with Gasteiger partial charge in [-0.3, -0.25) is 4.79 Å². The second-order valence-electron chi connectivity index (χ2n) is 4.87. The van der Waals surface area contributed by atoms with E-state index in [0.29, 0.717) is 23.9 Å². The largest absolute Gasteiger partial charge is 0.492 e. The first kappa shape index (κ1) is 14.2. The lowest BCUT2D eigenvalue weighted by molar-refractivity contribution is -0.124. The van der Waals surface area contributed by atoms with Gasteiger partial charge in [-0.15, -0.1) is 0 Å². The van der Waals surface area contributed by atoms with Gasteiger partial charge in [0.2, 0.25) is 5.91 Å². The van der Waals surface area contributed by atoms with E-state index in [0.717, 1.165) is 19.3 Å². The van der Waals surface area contributed by atoms with Crippen molar-refractivity contribution in [2.45, 2.75) is 25.3 Å². The molecule has 19 heavy (non-hydrogen) atoms. The number of amides is 1. The molecule has 0 spiro atoms. The lowest BCUT2D eigenvalue weighted by atomic mass is 10.1. The third-order valence-electron chi connectivity index (χ3n) is 3.31. The van der Waals surface area contributed by atoms with Crippen LogP contribution in [0.25, 0.3) is 0 Å². The van der Waals surface area contributed by atoms with E-state index in [4.69, 9.17) is 22.1 Å². The van der Waals surface area contributed by atoms with Gasteiger partial charge in [0.25, 0.3) is 0 Å². The lowest BCUT2D eigenvalue weighted by Crippen LogP contribution is -2.33. The number of carbonyl (C=O) groups excluding carboxylic acids is 1. The molecule has 0 heterocycles. The Morgan fingerprint density at radius 1 is 1.47 bits per heavy atom. The van der Waals surface area contributed by atoms with Crippen LogP contribution in [0.1, 0.15) is 19.3 Å². The molecule has 1 saturated carbocycles. The fourth-order valence-electron chi connectivity index (χ4n) is 2.30. The van der Waals surface area contributed by atoms with Crippen LogP contribution in [0.3, 0.4) is 0 Å². The van der Waals surface area contributed by atoms with E-state index in [9.17, 15) is 4.79 Å². The highest BCUT2D eigenvalue weighted by atomic mass is 35.5. The minimum Gasteiger partial charge on any atom is -0.492 e. The highest BCUT2D eigenvalue weighted by Gasteiger charge is 2.27. The van der Waals surface area contributed by atoms with Crippen LogP contribution >= 0.6 is 11.6 Å². The van der Waals surface area contributed by atoms with Crippen molar-refractivity contribution < 1.29 is 9.53 Å². The first-order valence-corrected chi connectivity index (χ1v) is 6.94. The molecule has 1 aliphatic rings. The normalized spacial score (nSPS) is 22.2. The Bertz CT molecular complexity index is 439. The fraction of sp³-hybridized carbons (Fsp3) is 0.500. The van der Waals surface area contributed by atoms with Crippen LogP contribution in [0.15, 0.2) is 24.3 Å². The van der Waals surface area contributed by atoms with E-state index in [-0.39, 0.29) is 17.9 Å². The van der Waals surface area contributed by atoms with Crippen LogP contribution in [0.5, 0.6) is 5.75 Å². The Balaban J connectivity index is 1.65. The topological polar surface area (TPSA) is 64.4 Å². The first-order chi connectivity index (χ1) is 9.15. The molecular weight excluding hydrogens is 264 g/mol. The minimum atomic E-state index is 0.0705. The molecule has 1 aromatic rings. The van der Waals surface area contributed by atoms with Crippen LogP contribution in [0.4, 0.5) is 0 Å². The molecule has 5 heteroatoms. The van der Waals surface area contributed by atoms with Crippen LogP contribution < -0.4 is 15.8 Å². The summed E-state index contributed by atoms with van der Waals surface area (Å²) in [4.78, 5) is 11.8. The lowest BCUT2D eigenvalue weighted by Gasteiger charge is -2.11. The Kier molecular flexibility index (Phi) is 5.05. The predicted molar refractivity (Wildman–Crippen MR) is 75.3 cm³/mol. The molecular formula is C14H19ClN2O2. The summed E-state index contributed by atoms with van der Waals surface area (Å²) in [5, 5.41) is 3.52. The summed E-state index contributed by atoms with van der Waals surface area (Å²) in [6.07, 6.45) is 2.63. The fourth-order valence-corrected chi connectivity index (χ4v) is 2.48. The van der Waals surface area contributed by atoms with Crippen LogP contribution in [0.2, 0.25) is 5.02 Å². The second-order valence-corrected chi connectivity index (χ2v) is 5.30. The SMILES string of the molecule is NC1CCC(C(=O)NCCOc2cccc(Cl)c2)C1. The van der Waals surface area contributed by atoms with Crippen molar-refractivity contribution in [2.24, 2.45) is 11.7 Å². The number of rotatable bonds is 5. The van der Waals surface area contributed by atoms with Gasteiger partial charge in [-0.05, 0) is 37.5 Å². The second kappa shape index (κ2) is 6.78. The molecule has 1 fully saturated rings. The molecule has 1 aliphatic carbocycles. The number of hydrogen-bond acceptors (Lipinski definition) is 3. The molecule has 0 radical (unpaired) electrons. The van der Waals surface area contributed by atoms with Gasteiger partial charge < -0.3 is 15.8 Å². The Morgan fingerprint density at radius 2 is 2.32 bits per heavy atom. The van der Waals surface area contributed by atoms with Gasteiger partial charge in [-0.1, -0.05) is 17.7 Å². The predicted octanol–water partition coefficient (Wildman–Crippen LogP) is 1.96. The summed E-state index contributed by atoms with van der Waals surface area (Å²) in [5.74, 6) is 0.869. The molecule has 3 N–H and O–H groups in total. The van der Waals surface area contributed by atoms with Crippen LogP contribution in [0, 0.1) is 5.92 Å². The third kappa shape index (κ3) is 4.40. The summed E-state index contributed by atoms with van der Waals surface area (Å²) in [6.45, 7) is 0.932. The average Bonchev–Trinajstić information content (AvgIpc) is 2.81. The molecule has 2 rings (SSSR count). The average molecular weight is 283 g/mol. The van der Waals surface area contributed by atoms with E-state index >= 15 is 0 Å². The number of benzene rings is 1. The summed E-state index contributed by atoms with van der Waals surface area (Å²) in [7, 11) is 0. The zero-order valence-electron chi connectivity index (χ0n) is 10.8. The Hall–Kier alpha value is -1.26. The van der Waals surface area contributed by atoms with E-state index in [2.05, 4.69) is 5.32 Å². The number of nitrogens with one attached hydrogen (secondary N) is 1. The van der Waals surface area contributed by atoms with Crippen molar-refractivity contribution in [3.8, 4) is 5.75 Å². The van der Waals surface area contributed by atoms with E-state index in [1.165, 1.54) is 0 Å². The quantitative estimate of drug-likeness (QED) is 0.812. The van der Waals surface area contributed by atoms with Crippen molar-refractivity contribution in [1.29, 1.82) is 0 Å². The van der Waals surface area contributed by atoms with E-state index < -0.39 is 0 Å². The number of hydrogen-bond donors (Lipinski definition) is 2. The molecule has 0 bridgehead atoms. The van der Waals surface area contributed by atoms with Gasteiger partial charge in [0.15, 0.2) is 0 Å². The molecule has 2 atom stereocenters. The van der Waals surface area contributed by atoms with Gasteiger partial charge in [0.1, 0.15) is 12.4 Å². The van der Waals surface area contributed by atoms with Gasteiger partial charge in [0, 0.05) is 17.0 Å². The zero-order chi connectivity index (χ0) is 13.7. The molecule has 4 nitrogen and oxygen atoms in total. The number of nitrogens with two attached hydrogens (primary N) is 1. The Labute approximate surface area is 118 Å². The zero-order valence-corrected chi connectivity index (χ0v) is 11.5. The molecule has 0 saturated heterocycles. The summed E-state index contributed by atoms with van der Waals surface area (Å²) >= 11 is 5.85. The number of carbonyl (C=O) groups is 1. The molecule has 0 aromatic heterocycles. The molecule has 2 unspecified atom stereocenters. The van der Waals surface area contributed by atoms with Gasteiger partial charge in [0.05, 0.1) is 6.54 Å². The highest BCUT2D eigenvalue weighted by molar-refractivity contribution is 6.30. The summed E-state index contributed by atoms with van der Waals surface area (Å²) in [6, 6.07) is 7.39. The maximum Gasteiger partial charge on any atom is 0.223 e. The minimum absolute atomic E-state index is 0.0705. The number of ether oxygens (including phenoxy) is 1. The van der Waals surface area contributed by atoms with Crippen molar-refractivity contribution in [3.63, 3.8) is 0 Å². The van der Waals surface area contributed by atoms with Crippen molar-refractivity contribution in [1.82, 2.24) is 5.32 Å². The summed E-state index contributed by atoms with van der Waals surface area (Å²) < 4.78 is 5.50. The molecule has 1 aromatic carbocycles. The van der Waals surface area contributed by atoms with E-state index in [1.54, 1.807) is 12.1 Å². The Morgan fingerprint density at radius 3 is 3.00 bits per heavy atom. The number of halogens is 1. The summed E-state index contributed by atoms with van der Waals surface area (Å²) in [5.41, 5.74) is 5.79. The van der Waals surface area contributed by atoms with Crippen LogP contribution in [-0.4, -0.2) is 25.1 Å². The standard InChI is InChI=1S/C14H19ClN2O2/c15-11-2-1-3-13(9-11)19-7-6-17-14(18)10-4-5-12(16)8-10/h1-3,9-10,12H,4-8,16H2,(H,17,18). The maximum atomic E-state index is 11.8. The third-order valence-corrected chi connectivity index (χ3v) is 3.55. The smallest absolute Gasteiger partial charge is 0.223 e. The molecule has 104 valence electrons.